The van der Waals surface area contributed by atoms with Gasteiger partial charge in [0.1, 0.15) is 0 Å². The van der Waals surface area contributed by atoms with Crippen molar-refractivity contribution in [1.29, 1.82) is 0 Å². The molecule has 160 valence electrons. The summed E-state index contributed by atoms with van der Waals surface area (Å²) in [5, 5.41) is 3.91. The highest BCUT2D eigenvalue weighted by Crippen LogP contribution is 2.44. The van der Waals surface area contributed by atoms with Gasteiger partial charge < -0.3 is 16.0 Å². The summed E-state index contributed by atoms with van der Waals surface area (Å²) in [5.41, 5.74) is 7.31. The molecule has 3 N–H and O–H groups in total. The van der Waals surface area contributed by atoms with Gasteiger partial charge in [-0.05, 0) is 76.4 Å². The number of benzene rings is 1. The number of nitrogens with one attached hydrogen (secondary N) is 1. The molecule has 0 spiro atoms. The molecule has 0 radical (unpaired) electrons. The molecule has 0 saturated heterocycles. The number of nitrogens with two attached hydrogens (primary N) is 1. The Labute approximate surface area is 174 Å². The summed E-state index contributed by atoms with van der Waals surface area (Å²) in [6.07, 6.45) is 6.47. The van der Waals surface area contributed by atoms with Gasteiger partial charge in [0.2, 0.25) is 0 Å². The molecule has 2 rings (SSSR count). The predicted molar refractivity (Wildman–Crippen MR) is 122 cm³/mol. The Balaban J connectivity index is 1.82. The zero-order valence-electron chi connectivity index (χ0n) is 19.1. The number of nitrogens with zero attached hydrogens (tertiary/aromatic N) is 1. The summed E-state index contributed by atoms with van der Waals surface area (Å²) in [4.78, 5) is 2.71. The number of unbranched alkanes of at least 4 members (excludes halogenated alkanes) is 1. The van der Waals surface area contributed by atoms with E-state index in [2.05, 4.69) is 75.2 Å². The molecular formula is C25H45N3. The van der Waals surface area contributed by atoms with E-state index in [0.717, 1.165) is 30.8 Å². The Morgan fingerprint density at radius 3 is 2.46 bits per heavy atom. The van der Waals surface area contributed by atoms with Crippen LogP contribution >= 0.6 is 0 Å². The van der Waals surface area contributed by atoms with Crippen LogP contribution < -0.4 is 11.1 Å². The molecule has 1 aliphatic carbocycles. The van der Waals surface area contributed by atoms with Gasteiger partial charge in [0.05, 0.1) is 0 Å². The predicted octanol–water partition coefficient (Wildman–Crippen LogP) is 5.06. The zero-order valence-corrected chi connectivity index (χ0v) is 19.1. The lowest BCUT2D eigenvalue weighted by molar-refractivity contribution is -0.00728. The van der Waals surface area contributed by atoms with E-state index < -0.39 is 0 Å². The summed E-state index contributed by atoms with van der Waals surface area (Å²) < 4.78 is 0. The lowest BCUT2D eigenvalue weighted by Gasteiger charge is -2.55. The molecule has 1 fully saturated rings. The molecule has 1 saturated carbocycles. The van der Waals surface area contributed by atoms with Crippen LogP contribution in [-0.2, 0) is 6.54 Å². The van der Waals surface area contributed by atoms with Gasteiger partial charge in [-0.2, -0.15) is 0 Å². The molecule has 4 unspecified atom stereocenters. The average molecular weight is 388 g/mol. The zero-order chi connectivity index (χ0) is 20.6. The largest absolute Gasteiger partial charge is 0.330 e. The minimum atomic E-state index is 0.249. The highest BCUT2D eigenvalue weighted by Gasteiger charge is 2.49. The lowest BCUT2D eigenvalue weighted by atomic mass is 9.60. The number of hydrogen-bond acceptors (Lipinski definition) is 3. The molecule has 4 atom stereocenters. The second kappa shape index (κ2) is 11.3. The Hall–Kier alpha value is -0.900. The second-order valence-electron chi connectivity index (χ2n) is 9.72. The SMILES string of the molecule is CC(CCN)CCCCN(CC1CC(C)C1(C)NCc1ccccc1)C(C)C. The first kappa shape index (κ1) is 23.4. The summed E-state index contributed by atoms with van der Waals surface area (Å²) in [5.74, 6) is 2.26. The van der Waals surface area contributed by atoms with Crippen LogP contribution in [0.3, 0.4) is 0 Å². The quantitative estimate of drug-likeness (QED) is 0.465. The summed E-state index contributed by atoms with van der Waals surface area (Å²) in [7, 11) is 0. The molecule has 1 aliphatic rings. The van der Waals surface area contributed by atoms with Gasteiger partial charge >= 0.3 is 0 Å². The Bertz CT molecular complexity index is 544. The molecule has 0 heterocycles. The van der Waals surface area contributed by atoms with Crippen molar-refractivity contribution in [3.05, 3.63) is 35.9 Å². The first-order valence-corrected chi connectivity index (χ1v) is 11.6. The van der Waals surface area contributed by atoms with Gasteiger partial charge in [0, 0.05) is 24.7 Å². The van der Waals surface area contributed by atoms with E-state index in [9.17, 15) is 0 Å². The van der Waals surface area contributed by atoms with Crippen LogP contribution in [0.5, 0.6) is 0 Å². The van der Waals surface area contributed by atoms with Gasteiger partial charge in [0.25, 0.3) is 0 Å². The first-order valence-electron chi connectivity index (χ1n) is 11.6. The molecule has 0 aromatic heterocycles. The normalized spacial score (nSPS) is 25.9. The van der Waals surface area contributed by atoms with E-state index in [0.29, 0.717) is 6.04 Å². The van der Waals surface area contributed by atoms with Gasteiger partial charge in [-0.15, -0.1) is 0 Å². The third-order valence-electron chi connectivity index (χ3n) is 7.26. The van der Waals surface area contributed by atoms with Crippen molar-refractivity contribution in [3.8, 4) is 0 Å². The van der Waals surface area contributed by atoms with E-state index in [1.807, 2.05) is 0 Å². The first-order chi connectivity index (χ1) is 13.4. The van der Waals surface area contributed by atoms with Crippen LogP contribution in [0.1, 0.15) is 72.3 Å². The maximum Gasteiger partial charge on any atom is 0.0222 e. The van der Waals surface area contributed by atoms with Crippen LogP contribution in [0, 0.1) is 17.8 Å². The molecular weight excluding hydrogens is 342 g/mol. The highest BCUT2D eigenvalue weighted by atomic mass is 15.2. The van der Waals surface area contributed by atoms with Crippen molar-refractivity contribution >= 4 is 0 Å². The fourth-order valence-electron chi connectivity index (χ4n) is 4.71. The van der Waals surface area contributed by atoms with Crippen LogP contribution in [0.4, 0.5) is 0 Å². The van der Waals surface area contributed by atoms with E-state index in [1.165, 1.54) is 50.8 Å². The van der Waals surface area contributed by atoms with Gasteiger partial charge in [0.15, 0.2) is 0 Å². The van der Waals surface area contributed by atoms with E-state index in [4.69, 9.17) is 5.73 Å². The third-order valence-corrected chi connectivity index (χ3v) is 7.26. The smallest absolute Gasteiger partial charge is 0.0222 e. The third kappa shape index (κ3) is 6.57. The minimum absolute atomic E-state index is 0.249. The highest BCUT2D eigenvalue weighted by molar-refractivity contribution is 5.16. The fourth-order valence-corrected chi connectivity index (χ4v) is 4.71. The van der Waals surface area contributed by atoms with Gasteiger partial charge in [-0.1, -0.05) is 57.0 Å². The van der Waals surface area contributed by atoms with E-state index in [-0.39, 0.29) is 5.54 Å². The van der Waals surface area contributed by atoms with Crippen molar-refractivity contribution in [2.45, 2.75) is 84.8 Å². The standard InChI is InChI=1S/C25H45N3/c1-20(2)28(16-10-9-11-21(3)14-15-26)19-24-17-22(4)25(24,5)27-18-23-12-7-6-8-13-23/h6-8,12-13,20-22,24,27H,9-11,14-19,26H2,1-5H3. The molecule has 0 aliphatic heterocycles. The topological polar surface area (TPSA) is 41.3 Å². The van der Waals surface area contributed by atoms with Crippen molar-refractivity contribution in [3.63, 3.8) is 0 Å². The van der Waals surface area contributed by atoms with E-state index in [1.54, 1.807) is 0 Å². The Morgan fingerprint density at radius 1 is 1.14 bits per heavy atom. The van der Waals surface area contributed by atoms with Crippen molar-refractivity contribution in [2.75, 3.05) is 19.6 Å². The van der Waals surface area contributed by atoms with Crippen molar-refractivity contribution in [1.82, 2.24) is 10.2 Å². The molecule has 0 bridgehead atoms. The van der Waals surface area contributed by atoms with Crippen LogP contribution in [0.15, 0.2) is 30.3 Å². The average Bonchev–Trinajstić information content (AvgIpc) is 2.68. The molecule has 3 nitrogen and oxygen atoms in total. The summed E-state index contributed by atoms with van der Waals surface area (Å²) in [6.45, 7) is 16.2. The van der Waals surface area contributed by atoms with Crippen LogP contribution in [-0.4, -0.2) is 36.1 Å². The molecule has 3 heteroatoms. The molecule has 1 aromatic rings. The van der Waals surface area contributed by atoms with Crippen LogP contribution in [0.25, 0.3) is 0 Å². The number of rotatable bonds is 13. The Kier molecular flexibility index (Phi) is 9.46. The van der Waals surface area contributed by atoms with Crippen molar-refractivity contribution in [2.24, 2.45) is 23.5 Å². The maximum absolute atomic E-state index is 5.68. The Morgan fingerprint density at radius 2 is 1.86 bits per heavy atom. The molecule has 0 amide bonds. The van der Waals surface area contributed by atoms with Gasteiger partial charge in [-0.3, -0.25) is 0 Å². The summed E-state index contributed by atoms with van der Waals surface area (Å²) >= 11 is 0. The van der Waals surface area contributed by atoms with Crippen molar-refractivity contribution < 1.29 is 0 Å². The van der Waals surface area contributed by atoms with E-state index >= 15 is 0 Å². The lowest BCUT2D eigenvalue weighted by Crippen LogP contribution is -2.64. The second-order valence-corrected chi connectivity index (χ2v) is 9.72. The molecule has 1 aromatic carbocycles. The molecule has 28 heavy (non-hydrogen) atoms. The fraction of sp³-hybridized carbons (Fsp3) is 0.760. The van der Waals surface area contributed by atoms with Gasteiger partial charge in [-0.25, -0.2) is 0 Å². The monoisotopic (exact) mass is 387 g/mol. The maximum atomic E-state index is 5.68. The summed E-state index contributed by atoms with van der Waals surface area (Å²) in [6, 6.07) is 11.4. The number of hydrogen-bond donors (Lipinski definition) is 2. The minimum Gasteiger partial charge on any atom is -0.330 e. The van der Waals surface area contributed by atoms with Crippen LogP contribution in [0.2, 0.25) is 0 Å².